The maximum atomic E-state index is 11.8. The number of unbranched alkanes of at least 4 members (excludes halogenated alkanes) is 2. The van der Waals surface area contributed by atoms with Crippen molar-refractivity contribution < 1.29 is 14.1 Å². The molecule has 0 radical (unpaired) electrons. The standard InChI is InChI=1S/C6H12FNO2/c1-2-3-4-5-10-8(7)6-9/h6H,2-5H2,1H3. The second-order valence-electron chi connectivity index (χ2n) is 1.92. The van der Waals surface area contributed by atoms with Gasteiger partial charge in [0.1, 0.15) is 0 Å². The Kier molecular flexibility index (Phi) is 6.06. The first-order valence-corrected chi connectivity index (χ1v) is 3.34. The summed E-state index contributed by atoms with van der Waals surface area (Å²) >= 11 is 0. The number of halogens is 1. The third kappa shape index (κ3) is 5.50. The molecule has 10 heavy (non-hydrogen) atoms. The van der Waals surface area contributed by atoms with Gasteiger partial charge in [0.15, 0.2) is 0 Å². The molecule has 0 saturated carbocycles. The number of nitrogens with zero attached hydrogens (tertiary/aromatic N) is 1. The van der Waals surface area contributed by atoms with Gasteiger partial charge in [0, 0.05) is 0 Å². The van der Waals surface area contributed by atoms with Gasteiger partial charge in [-0.1, -0.05) is 24.2 Å². The molecule has 0 aliphatic rings. The lowest BCUT2D eigenvalue weighted by molar-refractivity contribution is -0.252. The molecule has 0 bridgehead atoms. The van der Waals surface area contributed by atoms with Crippen molar-refractivity contribution in [2.75, 3.05) is 6.61 Å². The molecule has 0 rings (SSSR count). The van der Waals surface area contributed by atoms with Crippen molar-refractivity contribution >= 4 is 6.41 Å². The van der Waals surface area contributed by atoms with Crippen LogP contribution in [0.25, 0.3) is 0 Å². The molecule has 1 amide bonds. The lowest BCUT2D eigenvalue weighted by atomic mass is 10.3. The molecule has 0 aromatic rings. The Labute approximate surface area is 59.7 Å². The third-order valence-corrected chi connectivity index (χ3v) is 1.05. The van der Waals surface area contributed by atoms with Crippen molar-refractivity contribution in [3.8, 4) is 0 Å². The van der Waals surface area contributed by atoms with E-state index in [9.17, 15) is 9.28 Å². The van der Waals surface area contributed by atoms with E-state index in [4.69, 9.17) is 0 Å². The minimum atomic E-state index is -0.310. The first kappa shape index (κ1) is 9.36. The van der Waals surface area contributed by atoms with E-state index in [2.05, 4.69) is 4.84 Å². The van der Waals surface area contributed by atoms with E-state index in [0.717, 1.165) is 19.3 Å². The van der Waals surface area contributed by atoms with Gasteiger partial charge in [0.25, 0.3) is 6.41 Å². The minimum Gasteiger partial charge on any atom is -0.273 e. The summed E-state index contributed by atoms with van der Waals surface area (Å²) in [6, 6.07) is 0. The normalized spacial score (nSPS) is 9.40. The van der Waals surface area contributed by atoms with Crippen LogP contribution in [0.3, 0.4) is 0 Å². The number of hydrogen-bond acceptors (Lipinski definition) is 2. The monoisotopic (exact) mass is 149 g/mol. The predicted molar refractivity (Wildman–Crippen MR) is 34.5 cm³/mol. The summed E-state index contributed by atoms with van der Waals surface area (Å²) in [4.78, 5) is 13.9. The summed E-state index contributed by atoms with van der Waals surface area (Å²) in [5.74, 6) is 0. The average molecular weight is 149 g/mol. The van der Waals surface area contributed by atoms with E-state index in [-0.39, 0.29) is 18.3 Å². The van der Waals surface area contributed by atoms with Crippen LogP contribution in [-0.2, 0) is 9.63 Å². The summed E-state index contributed by atoms with van der Waals surface area (Å²) in [5, 5.41) is -0.310. The fourth-order valence-electron chi connectivity index (χ4n) is 0.534. The van der Waals surface area contributed by atoms with Crippen molar-refractivity contribution in [3.05, 3.63) is 0 Å². The van der Waals surface area contributed by atoms with Crippen LogP contribution in [0.1, 0.15) is 26.2 Å². The number of amides is 1. The van der Waals surface area contributed by atoms with Gasteiger partial charge in [-0.25, -0.2) is 4.84 Å². The Morgan fingerprint density at radius 1 is 1.60 bits per heavy atom. The predicted octanol–water partition coefficient (Wildman–Crippen LogP) is 1.45. The van der Waals surface area contributed by atoms with E-state index in [1.807, 2.05) is 6.92 Å². The quantitative estimate of drug-likeness (QED) is 0.247. The van der Waals surface area contributed by atoms with Gasteiger partial charge >= 0.3 is 0 Å². The van der Waals surface area contributed by atoms with Crippen LogP contribution in [0, 0.1) is 0 Å². The molecule has 0 unspecified atom stereocenters. The van der Waals surface area contributed by atoms with E-state index in [1.165, 1.54) is 0 Å². The molecular formula is C6H12FNO2. The van der Waals surface area contributed by atoms with Gasteiger partial charge in [-0.05, 0) is 11.7 Å². The maximum Gasteiger partial charge on any atom is 0.266 e. The van der Waals surface area contributed by atoms with Crippen molar-refractivity contribution in [1.82, 2.24) is 5.29 Å². The van der Waals surface area contributed by atoms with Gasteiger partial charge in [0.05, 0.1) is 6.61 Å². The first-order valence-electron chi connectivity index (χ1n) is 3.34. The van der Waals surface area contributed by atoms with E-state index in [0.29, 0.717) is 0 Å². The fraction of sp³-hybridized carbons (Fsp3) is 0.833. The molecule has 0 aliphatic heterocycles. The third-order valence-electron chi connectivity index (χ3n) is 1.05. The number of hydroxylamine groups is 1. The lowest BCUT2D eigenvalue weighted by Gasteiger charge is -2.03. The van der Waals surface area contributed by atoms with Gasteiger partial charge in [-0.3, -0.25) is 4.79 Å². The van der Waals surface area contributed by atoms with Crippen molar-refractivity contribution in [2.24, 2.45) is 0 Å². The molecule has 0 spiro atoms. The molecule has 4 heteroatoms. The fourth-order valence-corrected chi connectivity index (χ4v) is 0.534. The number of hydrogen-bond donors (Lipinski definition) is 0. The van der Waals surface area contributed by atoms with Crippen LogP contribution < -0.4 is 0 Å². The summed E-state index contributed by atoms with van der Waals surface area (Å²) < 4.78 is 11.8. The van der Waals surface area contributed by atoms with Crippen molar-refractivity contribution in [3.63, 3.8) is 0 Å². The van der Waals surface area contributed by atoms with Crippen LogP contribution >= 0.6 is 0 Å². The van der Waals surface area contributed by atoms with Crippen LogP contribution in [0.15, 0.2) is 0 Å². The molecule has 60 valence electrons. The molecule has 0 fully saturated rings. The number of rotatable bonds is 6. The first-order chi connectivity index (χ1) is 4.81. The zero-order chi connectivity index (χ0) is 7.82. The van der Waals surface area contributed by atoms with E-state index >= 15 is 0 Å². The molecule has 0 aromatic heterocycles. The van der Waals surface area contributed by atoms with E-state index < -0.39 is 0 Å². The largest absolute Gasteiger partial charge is 0.273 e. The highest BCUT2D eigenvalue weighted by Crippen LogP contribution is 1.95. The van der Waals surface area contributed by atoms with Gasteiger partial charge in [-0.15, -0.1) is 0 Å². The highest BCUT2D eigenvalue weighted by Gasteiger charge is 1.95. The summed E-state index contributed by atoms with van der Waals surface area (Å²) in [7, 11) is 0. The Hall–Kier alpha value is -0.640. The number of carbonyl (C=O) groups is 1. The van der Waals surface area contributed by atoms with Gasteiger partial charge < -0.3 is 0 Å². The second-order valence-corrected chi connectivity index (χ2v) is 1.92. The molecular weight excluding hydrogens is 137 g/mol. The topological polar surface area (TPSA) is 29.5 Å². The zero-order valence-corrected chi connectivity index (χ0v) is 6.05. The average Bonchev–Trinajstić information content (AvgIpc) is 1.98. The molecule has 0 aliphatic carbocycles. The molecule has 0 N–H and O–H groups in total. The Morgan fingerprint density at radius 2 is 2.30 bits per heavy atom. The Balaban J connectivity index is 2.95. The van der Waals surface area contributed by atoms with Crippen LogP contribution in [0.5, 0.6) is 0 Å². The van der Waals surface area contributed by atoms with Crippen LogP contribution in [-0.4, -0.2) is 18.3 Å². The zero-order valence-electron chi connectivity index (χ0n) is 6.05. The summed E-state index contributed by atoms with van der Waals surface area (Å²) in [6.07, 6.45) is 2.82. The lowest BCUT2D eigenvalue weighted by Crippen LogP contribution is -2.12. The summed E-state index contributed by atoms with van der Waals surface area (Å²) in [6.45, 7) is 2.30. The smallest absolute Gasteiger partial charge is 0.266 e. The van der Waals surface area contributed by atoms with Gasteiger partial charge in [0.2, 0.25) is 0 Å². The highest BCUT2D eigenvalue weighted by atomic mass is 19.2. The minimum absolute atomic E-state index is 0.00799. The Bertz CT molecular complexity index is 89.8. The SMILES string of the molecule is CCCCCON(F)C=O. The van der Waals surface area contributed by atoms with Crippen molar-refractivity contribution in [1.29, 1.82) is 0 Å². The molecule has 0 saturated heterocycles. The molecule has 3 nitrogen and oxygen atoms in total. The van der Waals surface area contributed by atoms with E-state index in [1.54, 1.807) is 0 Å². The highest BCUT2D eigenvalue weighted by molar-refractivity contribution is 5.42. The molecule has 0 atom stereocenters. The van der Waals surface area contributed by atoms with Gasteiger partial charge in [-0.2, -0.15) is 0 Å². The molecule has 0 heterocycles. The van der Waals surface area contributed by atoms with Crippen LogP contribution in [0.2, 0.25) is 0 Å². The summed E-state index contributed by atoms with van der Waals surface area (Å²) in [5.41, 5.74) is 0. The molecule has 0 aromatic carbocycles. The van der Waals surface area contributed by atoms with Crippen molar-refractivity contribution in [2.45, 2.75) is 26.2 Å². The van der Waals surface area contributed by atoms with Crippen LogP contribution in [0.4, 0.5) is 4.48 Å². The number of carbonyl (C=O) groups excluding carboxylic acids is 1. The second kappa shape index (κ2) is 6.48. The maximum absolute atomic E-state index is 11.8. The Morgan fingerprint density at radius 3 is 2.80 bits per heavy atom.